The van der Waals surface area contributed by atoms with Crippen molar-refractivity contribution in [2.75, 3.05) is 5.75 Å². The summed E-state index contributed by atoms with van der Waals surface area (Å²) in [4.78, 5) is 8.03. The van der Waals surface area contributed by atoms with Crippen molar-refractivity contribution in [3.05, 3.63) is 46.5 Å². The molecule has 2 unspecified atom stereocenters. The van der Waals surface area contributed by atoms with Crippen molar-refractivity contribution in [2.24, 2.45) is 0 Å². The van der Waals surface area contributed by atoms with Crippen LogP contribution in [-0.4, -0.2) is 40.3 Å². The van der Waals surface area contributed by atoms with Crippen LogP contribution < -0.4 is 0 Å². The van der Waals surface area contributed by atoms with E-state index in [-0.39, 0.29) is 11.5 Å². The molecule has 0 radical (unpaired) electrons. The van der Waals surface area contributed by atoms with E-state index in [1.807, 2.05) is 27.7 Å². The summed E-state index contributed by atoms with van der Waals surface area (Å²) in [5, 5.41) is 5.94. The molecule has 3 aromatic heterocycles. The number of nitrogens with zero attached hydrogens (tertiary/aromatic N) is 5. The van der Waals surface area contributed by atoms with E-state index in [0.29, 0.717) is 23.2 Å². The van der Waals surface area contributed by atoms with Gasteiger partial charge < -0.3 is 0 Å². The Hall–Kier alpha value is -2.82. The average molecular weight is 482 g/mol. The molecular formula is C22H23F4N5OS. The molecule has 0 aliphatic rings. The van der Waals surface area contributed by atoms with Gasteiger partial charge in [-0.05, 0) is 56.9 Å². The van der Waals surface area contributed by atoms with E-state index < -0.39 is 28.3 Å². The van der Waals surface area contributed by atoms with E-state index in [1.54, 1.807) is 6.92 Å². The predicted octanol–water partition coefficient (Wildman–Crippen LogP) is 5.18. The summed E-state index contributed by atoms with van der Waals surface area (Å²) in [6.07, 6.45) is -2.53. The second-order valence-corrected chi connectivity index (χ2v) is 9.87. The number of aromatic nitrogens is 5. The summed E-state index contributed by atoms with van der Waals surface area (Å²) in [6, 6.07) is 0.960. The summed E-state index contributed by atoms with van der Waals surface area (Å²) in [7, 11) is -1.40. The van der Waals surface area contributed by atoms with Gasteiger partial charge in [-0.3, -0.25) is 8.61 Å². The zero-order valence-electron chi connectivity index (χ0n) is 19.0. The van der Waals surface area contributed by atoms with Crippen LogP contribution in [0.4, 0.5) is 17.6 Å². The highest BCUT2D eigenvalue weighted by Crippen LogP contribution is 2.41. The molecule has 33 heavy (non-hydrogen) atoms. The molecule has 3 heterocycles. The fraction of sp³-hybridized carbons (Fsp3) is 0.409. The second kappa shape index (κ2) is 7.61. The summed E-state index contributed by atoms with van der Waals surface area (Å²) >= 11 is 0. The molecule has 0 spiro atoms. The molecule has 2 atom stereocenters. The second-order valence-electron chi connectivity index (χ2n) is 8.21. The van der Waals surface area contributed by atoms with Crippen LogP contribution in [0, 0.1) is 27.7 Å². The Labute approximate surface area is 190 Å². The number of rotatable bonds is 4. The first-order valence-corrected chi connectivity index (χ1v) is 11.6. The van der Waals surface area contributed by atoms with Gasteiger partial charge >= 0.3 is 6.18 Å². The number of imidazole rings is 1. The fourth-order valence-corrected chi connectivity index (χ4v) is 4.89. The zero-order chi connectivity index (χ0) is 24.5. The van der Waals surface area contributed by atoms with Crippen LogP contribution in [-0.2, 0) is 16.5 Å². The Morgan fingerprint density at radius 2 is 1.67 bits per heavy atom. The lowest BCUT2D eigenvalue weighted by molar-refractivity contribution is -0.230. The highest BCUT2D eigenvalue weighted by molar-refractivity contribution is 7.85. The molecule has 1 aromatic carbocycles. The Bertz CT molecular complexity index is 1430. The Morgan fingerprint density at radius 1 is 1.03 bits per heavy atom. The molecule has 0 aliphatic heterocycles. The summed E-state index contributed by atoms with van der Waals surface area (Å²) < 4.78 is 69.8. The third kappa shape index (κ3) is 3.44. The van der Waals surface area contributed by atoms with Crippen molar-refractivity contribution in [1.82, 2.24) is 24.1 Å². The van der Waals surface area contributed by atoms with Gasteiger partial charge in [-0.1, -0.05) is 6.92 Å². The molecule has 0 amide bonds. The normalized spacial score (nSPS) is 15.3. The number of aryl methyl sites for hydroxylation is 2. The van der Waals surface area contributed by atoms with Gasteiger partial charge in [0, 0.05) is 17.2 Å². The minimum Gasteiger partial charge on any atom is -0.288 e. The van der Waals surface area contributed by atoms with E-state index >= 15 is 0 Å². The van der Waals surface area contributed by atoms with E-state index in [4.69, 9.17) is 5.10 Å². The van der Waals surface area contributed by atoms with Crippen molar-refractivity contribution in [2.45, 2.75) is 58.4 Å². The SMILES string of the molecule is CCS(=O)c1c2c(C)c(C)c(C)c(C)c2nn1-c1cn2cnc(C(C)(F)C(F)(F)F)cc2n1. The molecule has 11 heteroatoms. The van der Waals surface area contributed by atoms with Gasteiger partial charge in [0.15, 0.2) is 5.82 Å². The lowest BCUT2D eigenvalue weighted by Crippen LogP contribution is -2.35. The number of halogens is 4. The summed E-state index contributed by atoms with van der Waals surface area (Å²) in [5.74, 6) is 0.598. The third-order valence-corrected chi connectivity index (χ3v) is 7.64. The molecule has 0 N–H and O–H groups in total. The van der Waals surface area contributed by atoms with E-state index in [0.717, 1.165) is 40.0 Å². The molecule has 4 rings (SSSR count). The van der Waals surface area contributed by atoms with Crippen LogP contribution in [0.1, 0.15) is 41.8 Å². The number of hydrogen-bond acceptors (Lipinski definition) is 4. The first kappa shape index (κ1) is 23.3. The van der Waals surface area contributed by atoms with Crippen molar-refractivity contribution in [1.29, 1.82) is 0 Å². The van der Waals surface area contributed by atoms with Crippen LogP contribution in [0.2, 0.25) is 0 Å². The Morgan fingerprint density at radius 3 is 2.27 bits per heavy atom. The number of alkyl halides is 4. The van der Waals surface area contributed by atoms with Gasteiger partial charge in [-0.25, -0.2) is 19.0 Å². The topological polar surface area (TPSA) is 65.1 Å². The summed E-state index contributed by atoms with van der Waals surface area (Å²) in [6.45, 7) is 10.1. The molecule has 0 aliphatic carbocycles. The number of hydrogen-bond donors (Lipinski definition) is 0. The fourth-order valence-electron chi connectivity index (χ4n) is 3.81. The third-order valence-electron chi connectivity index (χ3n) is 6.30. The van der Waals surface area contributed by atoms with Gasteiger partial charge in [0.05, 0.1) is 28.2 Å². The summed E-state index contributed by atoms with van der Waals surface area (Å²) in [5.41, 5.74) is 0.409. The smallest absolute Gasteiger partial charge is 0.288 e. The average Bonchev–Trinajstić information content (AvgIpc) is 3.36. The van der Waals surface area contributed by atoms with Gasteiger partial charge in [0.1, 0.15) is 17.0 Å². The van der Waals surface area contributed by atoms with Crippen LogP contribution >= 0.6 is 0 Å². The lowest BCUT2D eigenvalue weighted by Gasteiger charge is -2.22. The maximum absolute atomic E-state index is 14.4. The van der Waals surface area contributed by atoms with Gasteiger partial charge in [0.2, 0.25) is 5.67 Å². The molecule has 0 bridgehead atoms. The van der Waals surface area contributed by atoms with Crippen molar-refractivity contribution < 1.29 is 21.8 Å². The number of benzene rings is 1. The van der Waals surface area contributed by atoms with Crippen molar-refractivity contribution in [3.8, 4) is 5.82 Å². The van der Waals surface area contributed by atoms with Crippen LogP contribution in [0.25, 0.3) is 22.4 Å². The van der Waals surface area contributed by atoms with Gasteiger partial charge in [0.25, 0.3) is 0 Å². The molecular weight excluding hydrogens is 458 g/mol. The monoisotopic (exact) mass is 481 g/mol. The highest BCUT2D eigenvalue weighted by atomic mass is 32.2. The van der Waals surface area contributed by atoms with Crippen molar-refractivity contribution >= 4 is 27.3 Å². The maximum atomic E-state index is 14.4. The minimum absolute atomic E-state index is 0.0664. The molecule has 0 saturated heterocycles. The molecule has 176 valence electrons. The highest BCUT2D eigenvalue weighted by Gasteiger charge is 2.54. The van der Waals surface area contributed by atoms with E-state index in [1.165, 1.54) is 15.3 Å². The van der Waals surface area contributed by atoms with E-state index in [2.05, 4.69) is 9.97 Å². The molecule has 4 aromatic rings. The molecule has 0 saturated carbocycles. The zero-order valence-corrected chi connectivity index (χ0v) is 19.8. The van der Waals surface area contributed by atoms with Crippen molar-refractivity contribution in [3.63, 3.8) is 0 Å². The maximum Gasteiger partial charge on any atom is 0.428 e. The largest absolute Gasteiger partial charge is 0.428 e. The van der Waals surface area contributed by atoms with Gasteiger partial charge in [-0.2, -0.15) is 18.3 Å². The standard InChI is InChI=1S/C22H23F4N5OS/c1-7-33(32)20-18-13(4)11(2)12(3)14(5)19(18)29-31(20)17-9-30-10-27-15(8-16(30)28-17)21(6,23)22(24,25)26/h8-10H,7H2,1-6H3. The first-order valence-electron chi connectivity index (χ1n) is 10.3. The Kier molecular flexibility index (Phi) is 5.38. The van der Waals surface area contributed by atoms with Crippen LogP contribution in [0.3, 0.4) is 0 Å². The predicted molar refractivity (Wildman–Crippen MR) is 118 cm³/mol. The minimum atomic E-state index is -5.12. The van der Waals surface area contributed by atoms with Gasteiger partial charge in [-0.15, -0.1) is 0 Å². The Balaban J connectivity index is 1.99. The molecule has 0 fully saturated rings. The quantitative estimate of drug-likeness (QED) is 0.377. The lowest BCUT2D eigenvalue weighted by atomic mass is 9.96. The number of fused-ring (bicyclic) bond motifs is 2. The van der Waals surface area contributed by atoms with Crippen LogP contribution in [0.15, 0.2) is 23.6 Å². The first-order chi connectivity index (χ1) is 15.3. The van der Waals surface area contributed by atoms with E-state index in [9.17, 15) is 21.8 Å². The molecule has 6 nitrogen and oxygen atoms in total. The van der Waals surface area contributed by atoms with Crippen LogP contribution in [0.5, 0.6) is 0 Å².